The predicted octanol–water partition coefficient (Wildman–Crippen LogP) is 3.01. The van der Waals surface area contributed by atoms with Crippen molar-refractivity contribution in [2.24, 2.45) is 0 Å². The molecule has 0 fully saturated rings. The van der Waals surface area contributed by atoms with E-state index >= 15 is 0 Å². The van der Waals surface area contributed by atoms with E-state index < -0.39 is 16.4 Å². The molecule has 0 bridgehead atoms. The fourth-order valence-corrected chi connectivity index (χ4v) is 1.92. The number of halogens is 1. The van der Waals surface area contributed by atoms with Crippen LogP contribution in [0, 0.1) is 29.8 Å². The number of aryl methyl sites for hydroxylation is 2. The monoisotopic (exact) mass is 266 g/mol. The molecular weight excluding hydrogens is 255 g/mol. The van der Waals surface area contributed by atoms with Crippen LogP contribution in [-0.2, 0) is 0 Å². The molecule has 2 aromatic rings. The van der Waals surface area contributed by atoms with Gasteiger partial charge in [-0.1, -0.05) is 5.16 Å². The van der Waals surface area contributed by atoms with Crippen molar-refractivity contribution in [1.29, 1.82) is 0 Å². The van der Waals surface area contributed by atoms with Gasteiger partial charge in [0, 0.05) is 17.7 Å². The lowest BCUT2D eigenvalue weighted by Crippen LogP contribution is -1.97. The third-order valence-corrected chi connectivity index (χ3v) is 2.77. The molecule has 7 heteroatoms. The van der Waals surface area contributed by atoms with E-state index in [1.807, 2.05) is 0 Å². The number of hydrogen-bond donors (Lipinski definition) is 0. The smallest absolute Gasteiger partial charge is 0.305 e. The molecule has 0 unspecified atom stereocenters. The maximum Gasteiger partial charge on any atom is 0.305 e. The molecule has 0 aliphatic carbocycles. The van der Waals surface area contributed by atoms with Gasteiger partial charge in [-0.15, -0.1) is 0 Å². The molecule has 0 radical (unpaired) electrons. The summed E-state index contributed by atoms with van der Waals surface area (Å²) in [7, 11) is 1.36. The van der Waals surface area contributed by atoms with Crippen molar-refractivity contribution in [3.05, 3.63) is 39.5 Å². The van der Waals surface area contributed by atoms with Gasteiger partial charge in [0.15, 0.2) is 0 Å². The highest BCUT2D eigenvalue weighted by atomic mass is 19.1. The summed E-state index contributed by atoms with van der Waals surface area (Å²) in [5, 5.41) is 14.6. The van der Waals surface area contributed by atoms with Gasteiger partial charge in [-0.05, 0) is 13.8 Å². The summed E-state index contributed by atoms with van der Waals surface area (Å²) in [5.41, 5.74) is 0.888. The van der Waals surface area contributed by atoms with Crippen LogP contribution in [0.2, 0.25) is 0 Å². The van der Waals surface area contributed by atoms with Crippen LogP contribution in [-0.4, -0.2) is 17.2 Å². The maximum atomic E-state index is 13.5. The summed E-state index contributed by atoms with van der Waals surface area (Å²) in [5.74, 6) is -0.272. The van der Waals surface area contributed by atoms with Crippen LogP contribution in [0.1, 0.15) is 11.5 Å². The van der Waals surface area contributed by atoms with Gasteiger partial charge in [0.2, 0.25) is 5.82 Å². The molecule has 1 heterocycles. The minimum absolute atomic E-state index is 0.192. The number of benzene rings is 1. The zero-order valence-electron chi connectivity index (χ0n) is 10.6. The lowest BCUT2D eigenvalue weighted by atomic mass is 10.0. The number of hydrogen-bond acceptors (Lipinski definition) is 5. The largest absolute Gasteiger partial charge is 0.496 e. The average Bonchev–Trinajstić information content (AvgIpc) is 2.68. The fourth-order valence-electron chi connectivity index (χ4n) is 1.92. The molecule has 0 saturated heterocycles. The lowest BCUT2D eigenvalue weighted by Gasteiger charge is -2.08. The Morgan fingerprint density at radius 3 is 2.58 bits per heavy atom. The van der Waals surface area contributed by atoms with Crippen LogP contribution in [0.5, 0.6) is 5.75 Å². The van der Waals surface area contributed by atoms with Crippen molar-refractivity contribution in [3.63, 3.8) is 0 Å². The molecule has 1 aromatic heterocycles. The maximum absolute atomic E-state index is 13.5. The van der Waals surface area contributed by atoms with Crippen molar-refractivity contribution >= 4 is 5.69 Å². The molecule has 0 aliphatic heterocycles. The van der Waals surface area contributed by atoms with Gasteiger partial charge in [-0.2, -0.15) is 4.39 Å². The number of ether oxygens (including phenoxy) is 1. The van der Waals surface area contributed by atoms with Crippen molar-refractivity contribution in [3.8, 4) is 16.9 Å². The van der Waals surface area contributed by atoms with E-state index in [4.69, 9.17) is 9.26 Å². The third-order valence-electron chi connectivity index (χ3n) is 2.77. The van der Waals surface area contributed by atoms with Crippen molar-refractivity contribution in [1.82, 2.24) is 5.16 Å². The van der Waals surface area contributed by atoms with Crippen LogP contribution in [0.4, 0.5) is 10.1 Å². The summed E-state index contributed by atoms with van der Waals surface area (Å²) in [6.07, 6.45) is 0. The summed E-state index contributed by atoms with van der Waals surface area (Å²) in [6.45, 7) is 3.37. The quantitative estimate of drug-likeness (QED) is 0.630. The molecule has 0 saturated carbocycles. The third kappa shape index (κ3) is 2.14. The average molecular weight is 266 g/mol. The second-order valence-electron chi connectivity index (χ2n) is 3.96. The Hall–Kier alpha value is -2.44. The Morgan fingerprint density at radius 1 is 1.42 bits per heavy atom. The highest BCUT2D eigenvalue weighted by Gasteiger charge is 2.23. The summed E-state index contributed by atoms with van der Waals surface area (Å²) >= 11 is 0. The normalized spacial score (nSPS) is 10.5. The first kappa shape index (κ1) is 13.0. The number of methoxy groups -OCH3 is 1. The second kappa shape index (κ2) is 4.68. The Labute approximate surface area is 107 Å². The number of nitro benzene ring substituents is 1. The number of nitrogens with zero attached hydrogens (tertiary/aromatic N) is 2. The first-order valence-electron chi connectivity index (χ1n) is 5.41. The highest BCUT2D eigenvalue weighted by Crippen LogP contribution is 2.38. The van der Waals surface area contributed by atoms with Crippen LogP contribution in [0.25, 0.3) is 11.1 Å². The molecule has 0 spiro atoms. The van der Waals surface area contributed by atoms with Gasteiger partial charge in [0.05, 0.1) is 23.3 Å². The van der Waals surface area contributed by atoms with E-state index in [1.54, 1.807) is 13.8 Å². The molecule has 0 N–H and O–H groups in total. The molecule has 0 atom stereocenters. The molecule has 0 amide bonds. The molecular formula is C12H11FN2O4. The minimum atomic E-state index is -0.947. The van der Waals surface area contributed by atoms with E-state index in [-0.39, 0.29) is 5.75 Å². The predicted molar refractivity (Wildman–Crippen MR) is 64.6 cm³/mol. The van der Waals surface area contributed by atoms with Gasteiger partial charge >= 0.3 is 5.69 Å². The number of aromatic nitrogens is 1. The Kier molecular flexibility index (Phi) is 3.20. The lowest BCUT2D eigenvalue weighted by molar-refractivity contribution is -0.387. The zero-order valence-corrected chi connectivity index (χ0v) is 10.6. The van der Waals surface area contributed by atoms with Crippen molar-refractivity contribution < 1.29 is 18.6 Å². The summed E-state index contributed by atoms with van der Waals surface area (Å²) in [6, 6.07) is 2.11. The molecule has 100 valence electrons. The number of nitro groups is 1. The molecule has 2 rings (SSSR count). The topological polar surface area (TPSA) is 78.4 Å². The number of rotatable bonds is 3. The van der Waals surface area contributed by atoms with E-state index in [9.17, 15) is 14.5 Å². The van der Waals surface area contributed by atoms with Crippen LogP contribution >= 0.6 is 0 Å². The van der Waals surface area contributed by atoms with Crippen molar-refractivity contribution in [2.45, 2.75) is 13.8 Å². The first-order valence-corrected chi connectivity index (χ1v) is 5.41. The van der Waals surface area contributed by atoms with Crippen LogP contribution in [0.15, 0.2) is 16.7 Å². The van der Waals surface area contributed by atoms with Crippen molar-refractivity contribution in [2.75, 3.05) is 7.11 Å². The van der Waals surface area contributed by atoms with Gasteiger partial charge in [0.25, 0.3) is 0 Å². The van der Waals surface area contributed by atoms with E-state index in [0.29, 0.717) is 22.6 Å². The van der Waals surface area contributed by atoms with Gasteiger partial charge in [-0.3, -0.25) is 10.1 Å². The Bertz CT molecular complexity index is 632. The minimum Gasteiger partial charge on any atom is -0.496 e. The highest BCUT2D eigenvalue weighted by molar-refractivity contribution is 5.76. The molecule has 0 aliphatic rings. The Morgan fingerprint density at radius 2 is 2.11 bits per heavy atom. The SMILES string of the molecule is COc1cc(F)c([N+](=O)[O-])cc1-c1c(C)noc1C. The van der Waals surface area contributed by atoms with Gasteiger partial charge < -0.3 is 9.26 Å². The first-order chi connectivity index (χ1) is 8.95. The van der Waals surface area contributed by atoms with Crippen LogP contribution < -0.4 is 4.74 Å². The Balaban J connectivity index is 2.75. The van der Waals surface area contributed by atoms with E-state index in [0.717, 1.165) is 12.1 Å². The fraction of sp³-hybridized carbons (Fsp3) is 0.250. The summed E-state index contributed by atoms with van der Waals surface area (Å²) in [4.78, 5) is 10.0. The second-order valence-corrected chi connectivity index (χ2v) is 3.96. The molecule has 19 heavy (non-hydrogen) atoms. The molecule has 6 nitrogen and oxygen atoms in total. The van der Waals surface area contributed by atoms with Gasteiger partial charge in [0.1, 0.15) is 11.5 Å². The zero-order chi connectivity index (χ0) is 14.2. The standard InChI is InChI=1S/C12H11FN2O4/c1-6-12(7(2)19-14-6)8-4-10(15(16)17)9(13)5-11(8)18-3/h4-5H,1-3H3. The van der Waals surface area contributed by atoms with E-state index in [2.05, 4.69) is 5.16 Å². The molecule has 1 aromatic carbocycles. The van der Waals surface area contributed by atoms with Crippen LogP contribution in [0.3, 0.4) is 0 Å². The van der Waals surface area contributed by atoms with Gasteiger partial charge in [-0.25, -0.2) is 0 Å². The summed E-state index contributed by atoms with van der Waals surface area (Å²) < 4.78 is 23.6. The van der Waals surface area contributed by atoms with E-state index in [1.165, 1.54) is 7.11 Å².